The van der Waals surface area contributed by atoms with Gasteiger partial charge in [-0.3, -0.25) is 4.79 Å². The Kier molecular flexibility index (Phi) is 5.09. The molecule has 21 heavy (non-hydrogen) atoms. The highest BCUT2D eigenvalue weighted by Gasteiger charge is 2.13. The van der Waals surface area contributed by atoms with Gasteiger partial charge in [0.2, 0.25) is 0 Å². The van der Waals surface area contributed by atoms with Crippen LogP contribution in [-0.2, 0) is 6.54 Å². The second-order valence-corrected chi connectivity index (χ2v) is 5.38. The number of benzene rings is 1. The van der Waals surface area contributed by atoms with Crippen molar-refractivity contribution in [3.8, 4) is 11.8 Å². The largest absolute Gasteiger partial charge is 0.347 e. The molecular weight excluding hydrogens is 287 g/mol. The van der Waals surface area contributed by atoms with E-state index in [2.05, 4.69) is 17.2 Å². The number of hydrogen-bond acceptors (Lipinski definition) is 3. The van der Waals surface area contributed by atoms with Gasteiger partial charge in [-0.1, -0.05) is 24.0 Å². The molecule has 0 unspecified atom stereocenters. The SMILES string of the molecule is Cc1cccc(C(=O)NCc2sccc2C#CCN)c1F. The minimum Gasteiger partial charge on any atom is -0.347 e. The van der Waals surface area contributed by atoms with Crippen molar-refractivity contribution in [2.45, 2.75) is 13.5 Å². The van der Waals surface area contributed by atoms with Crippen LogP contribution in [0.2, 0.25) is 0 Å². The van der Waals surface area contributed by atoms with Crippen LogP contribution in [0.15, 0.2) is 29.6 Å². The Bertz CT molecular complexity index is 713. The van der Waals surface area contributed by atoms with Crippen molar-refractivity contribution >= 4 is 17.2 Å². The minimum absolute atomic E-state index is 0.0566. The predicted molar refractivity (Wildman–Crippen MR) is 82.6 cm³/mol. The number of carbonyl (C=O) groups excluding carboxylic acids is 1. The lowest BCUT2D eigenvalue weighted by Gasteiger charge is -2.07. The van der Waals surface area contributed by atoms with Gasteiger partial charge in [-0.2, -0.15) is 0 Å². The fraction of sp³-hybridized carbons (Fsp3) is 0.188. The molecule has 1 aromatic carbocycles. The number of nitrogens with two attached hydrogens (primary N) is 1. The predicted octanol–water partition coefficient (Wildman–Crippen LogP) is 2.44. The summed E-state index contributed by atoms with van der Waals surface area (Å²) in [5, 5.41) is 4.62. The second kappa shape index (κ2) is 7.02. The number of halogens is 1. The molecule has 0 radical (unpaired) electrons. The van der Waals surface area contributed by atoms with Gasteiger partial charge < -0.3 is 11.1 Å². The van der Waals surface area contributed by atoms with E-state index in [1.807, 2.05) is 11.4 Å². The van der Waals surface area contributed by atoms with E-state index in [1.165, 1.54) is 17.4 Å². The molecule has 1 heterocycles. The summed E-state index contributed by atoms with van der Waals surface area (Å²) in [5.41, 5.74) is 6.69. The Labute approximate surface area is 127 Å². The summed E-state index contributed by atoms with van der Waals surface area (Å²) in [6.07, 6.45) is 0. The molecule has 108 valence electrons. The molecule has 5 heteroatoms. The van der Waals surface area contributed by atoms with Gasteiger partial charge in [0.05, 0.1) is 18.7 Å². The summed E-state index contributed by atoms with van der Waals surface area (Å²) in [4.78, 5) is 13.0. The highest BCUT2D eigenvalue weighted by Crippen LogP contribution is 2.16. The number of hydrogen-bond donors (Lipinski definition) is 2. The van der Waals surface area contributed by atoms with E-state index in [4.69, 9.17) is 5.73 Å². The first-order chi connectivity index (χ1) is 10.1. The van der Waals surface area contributed by atoms with Crippen molar-refractivity contribution in [3.05, 3.63) is 57.0 Å². The zero-order valence-corrected chi connectivity index (χ0v) is 12.4. The number of rotatable bonds is 3. The van der Waals surface area contributed by atoms with Gasteiger partial charge in [0, 0.05) is 10.4 Å². The van der Waals surface area contributed by atoms with E-state index >= 15 is 0 Å². The Morgan fingerprint density at radius 2 is 2.24 bits per heavy atom. The van der Waals surface area contributed by atoms with Crippen LogP contribution in [0.1, 0.15) is 26.4 Å². The first-order valence-electron chi connectivity index (χ1n) is 6.42. The third kappa shape index (κ3) is 3.69. The average Bonchev–Trinajstić information content (AvgIpc) is 2.93. The molecule has 0 fully saturated rings. The van der Waals surface area contributed by atoms with Crippen LogP contribution in [0.25, 0.3) is 0 Å². The zero-order valence-electron chi connectivity index (χ0n) is 11.6. The van der Waals surface area contributed by atoms with Gasteiger partial charge in [0.15, 0.2) is 0 Å². The third-order valence-electron chi connectivity index (χ3n) is 2.92. The fourth-order valence-corrected chi connectivity index (χ4v) is 2.58. The van der Waals surface area contributed by atoms with Crippen LogP contribution < -0.4 is 11.1 Å². The first kappa shape index (κ1) is 15.2. The molecule has 0 atom stereocenters. The van der Waals surface area contributed by atoms with Gasteiger partial charge in [-0.25, -0.2) is 4.39 Å². The molecule has 1 amide bonds. The molecule has 0 spiro atoms. The fourth-order valence-electron chi connectivity index (χ4n) is 1.81. The highest BCUT2D eigenvalue weighted by molar-refractivity contribution is 7.10. The van der Waals surface area contributed by atoms with E-state index in [1.54, 1.807) is 19.1 Å². The van der Waals surface area contributed by atoms with Crippen molar-refractivity contribution in [3.63, 3.8) is 0 Å². The number of nitrogens with one attached hydrogen (secondary N) is 1. The van der Waals surface area contributed by atoms with Gasteiger partial charge in [-0.05, 0) is 30.0 Å². The summed E-state index contributed by atoms with van der Waals surface area (Å²) < 4.78 is 13.9. The smallest absolute Gasteiger partial charge is 0.254 e. The van der Waals surface area contributed by atoms with Crippen molar-refractivity contribution in [2.24, 2.45) is 5.73 Å². The van der Waals surface area contributed by atoms with E-state index in [0.29, 0.717) is 12.1 Å². The van der Waals surface area contributed by atoms with Gasteiger partial charge >= 0.3 is 0 Å². The molecule has 0 bridgehead atoms. The summed E-state index contributed by atoms with van der Waals surface area (Å²) in [7, 11) is 0. The normalized spacial score (nSPS) is 9.86. The van der Waals surface area contributed by atoms with Gasteiger partial charge in [0.25, 0.3) is 5.91 Å². The lowest BCUT2D eigenvalue weighted by molar-refractivity contribution is 0.0947. The molecule has 2 rings (SSSR count). The van der Waals surface area contributed by atoms with Crippen LogP contribution in [0.3, 0.4) is 0 Å². The maximum atomic E-state index is 13.9. The molecule has 2 aromatic rings. The standard InChI is InChI=1S/C16H15FN2OS/c1-11-4-2-6-13(15(11)17)16(20)19-10-14-12(5-3-8-18)7-9-21-14/h2,4,6-7,9H,8,10,18H2,1H3,(H,19,20). The molecule has 0 aliphatic carbocycles. The van der Waals surface area contributed by atoms with Crippen LogP contribution >= 0.6 is 11.3 Å². The van der Waals surface area contributed by atoms with E-state index < -0.39 is 11.7 Å². The van der Waals surface area contributed by atoms with Crippen LogP contribution in [0.4, 0.5) is 4.39 Å². The molecule has 0 saturated carbocycles. The highest BCUT2D eigenvalue weighted by atomic mass is 32.1. The molecule has 3 N–H and O–H groups in total. The Hall–Kier alpha value is -2.16. The molecular formula is C16H15FN2OS. The molecule has 3 nitrogen and oxygen atoms in total. The molecule has 1 aromatic heterocycles. The second-order valence-electron chi connectivity index (χ2n) is 4.38. The number of aryl methyl sites for hydroxylation is 1. The molecule has 0 aliphatic rings. The Balaban J connectivity index is 2.08. The lowest BCUT2D eigenvalue weighted by Crippen LogP contribution is -2.24. The van der Waals surface area contributed by atoms with Crippen molar-refractivity contribution in [1.29, 1.82) is 0 Å². The third-order valence-corrected chi connectivity index (χ3v) is 3.84. The maximum absolute atomic E-state index is 13.9. The van der Waals surface area contributed by atoms with Crippen molar-refractivity contribution < 1.29 is 9.18 Å². The molecule has 0 aliphatic heterocycles. The van der Waals surface area contributed by atoms with Crippen LogP contribution in [0, 0.1) is 24.6 Å². The number of carbonyl (C=O) groups is 1. The lowest BCUT2D eigenvalue weighted by atomic mass is 10.1. The van der Waals surface area contributed by atoms with E-state index in [-0.39, 0.29) is 12.1 Å². The van der Waals surface area contributed by atoms with Crippen molar-refractivity contribution in [1.82, 2.24) is 5.32 Å². The number of thiophene rings is 1. The van der Waals surface area contributed by atoms with Crippen LogP contribution in [0.5, 0.6) is 0 Å². The Morgan fingerprint density at radius 1 is 1.43 bits per heavy atom. The summed E-state index contributed by atoms with van der Waals surface area (Å²) in [6.45, 7) is 2.24. The average molecular weight is 302 g/mol. The summed E-state index contributed by atoms with van der Waals surface area (Å²) in [6, 6.07) is 6.64. The summed E-state index contributed by atoms with van der Waals surface area (Å²) >= 11 is 1.49. The minimum atomic E-state index is -0.482. The monoisotopic (exact) mass is 302 g/mol. The van der Waals surface area contributed by atoms with Gasteiger partial charge in [0.1, 0.15) is 5.82 Å². The quantitative estimate of drug-likeness (QED) is 0.856. The molecule has 0 saturated heterocycles. The number of amides is 1. The zero-order chi connectivity index (χ0) is 15.2. The van der Waals surface area contributed by atoms with Gasteiger partial charge in [-0.15, -0.1) is 11.3 Å². The van der Waals surface area contributed by atoms with Crippen LogP contribution in [-0.4, -0.2) is 12.5 Å². The Morgan fingerprint density at radius 3 is 3.00 bits per heavy atom. The first-order valence-corrected chi connectivity index (χ1v) is 7.30. The maximum Gasteiger partial charge on any atom is 0.254 e. The van der Waals surface area contributed by atoms with E-state index in [9.17, 15) is 9.18 Å². The topological polar surface area (TPSA) is 55.1 Å². The van der Waals surface area contributed by atoms with E-state index in [0.717, 1.165) is 10.4 Å². The summed E-state index contributed by atoms with van der Waals surface area (Å²) in [5.74, 6) is 4.82. The van der Waals surface area contributed by atoms with Crippen molar-refractivity contribution in [2.75, 3.05) is 6.54 Å².